The molecule has 0 aliphatic carbocycles. The minimum Gasteiger partial charge on any atom is -0.478 e. The van der Waals surface area contributed by atoms with Gasteiger partial charge in [-0.15, -0.1) is 0 Å². The zero-order chi connectivity index (χ0) is 19.7. The maximum absolute atomic E-state index is 12.8. The van der Waals surface area contributed by atoms with Crippen LogP contribution >= 0.6 is 0 Å². The normalized spacial score (nSPS) is 16.6. The van der Waals surface area contributed by atoms with Crippen LogP contribution in [0.4, 0.5) is 0 Å². The van der Waals surface area contributed by atoms with Gasteiger partial charge in [-0.2, -0.15) is 0 Å². The second-order valence-corrected chi connectivity index (χ2v) is 7.30. The predicted molar refractivity (Wildman–Crippen MR) is 102 cm³/mol. The first kappa shape index (κ1) is 18.9. The van der Waals surface area contributed by atoms with Crippen LogP contribution in [0.5, 0.6) is 0 Å². The highest BCUT2D eigenvalue weighted by Crippen LogP contribution is 2.22. The maximum atomic E-state index is 12.8. The molecular weight excluding hydrogens is 344 g/mol. The molecule has 1 aromatic heterocycles. The Morgan fingerprint density at radius 3 is 2.48 bits per heavy atom. The van der Waals surface area contributed by atoms with Crippen LogP contribution in [0.1, 0.15) is 44.0 Å². The molecule has 1 aliphatic heterocycles. The highest BCUT2D eigenvalue weighted by atomic mass is 16.4. The number of rotatable bonds is 4. The van der Waals surface area contributed by atoms with Crippen molar-refractivity contribution in [3.05, 3.63) is 68.6 Å². The average molecular weight is 368 g/mol. The fraction of sp³-hybridized carbons (Fsp3) is 0.381. The van der Waals surface area contributed by atoms with Crippen molar-refractivity contribution >= 4 is 11.9 Å². The van der Waals surface area contributed by atoms with Crippen LogP contribution < -0.4 is 5.56 Å². The Kier molecular flexibility index (Phi) is 5.17. The number of carboxylic acid groups (broad SMARTS) is 1. The van der Waals surface area contributed by atoms with Crippen LogP contribution in [-0.4, -0.2) is 39.5 Å². The third-order valence-corrected chi connectivity index (χ3v) is 5.50. The summed E-state index contributed by atoms with van der Waals surface area (Å²) in [6.07, 6.45) is 1.66. The second-order valence-electron chi connectivity index (χ2n) is 7.30. The van der Waals surface area contributed by atoms with Crippen LogP contribution in [0.2, 0.25) is 0 Å². The van der Waals surface area contributed by atoms with Gasteiger partial charge in [0, 0.05) is 25.8 Å². The van der Waals surface area contributed by atoms with Crippen LogP contribution in [0.25, 0.3) is 0 Å². The second kappa shape index (κ2) is 7.39. The molecule has 1 fully saturated rings. The van der Waals surface area contributed by atoms with Crippen molar-refractivity contribution in [1.82, 2.24) is 9.47 Å². The third kappa shape index (κ3) is 3.79. The largest absolute Gasteiger partial charge is 0.478 e. The Labute approximate surface area is 158 Å². The predicted octanol–water partition coefficient (Wildman–Crippen LogP) is 2.41. The number of carboxylic acids is 1. The fourth-order valence-corrected chi connectivity index (χ4v) is 3.60. The SMILES string of the molecule is Cc1cc(C(=O)N2CC[C@@H](Cc3ccc(C(=O)O)cc3)C2)c(=O)n(C)c1C. The quantitative estimate of drug-likeness (QED) is 0.899. The van der Waals surface area contributed by atoms with E-state index in [9.17, 15) is 14.4 Å². The summed E-state index contributed by atoms with van der Waals surface area (Å²) in [5.74, 6) is -0.836. The number of aromatic nitrogens is 1. The number of carbonyl (C=O) groups is 2. The lowest BCUT2D eigenvalue weighted by Gasteiger charge is -2.18. The van der Waals surface area contributed by atoms with Crippen molar-refractivity contribution in [1.29, 1.82) is 0 Å². The standard InChI is InChI=1S/C21H24N2O4/c1-13-10-18(19(24)22(3)14(13)2)20(25)23-9-8-16(12-23)11-15-4-6-17(7-5-15)21(26)27/h4-7,10,16H,8-9,11-12H2,1-3H3,(H,26,27)/t16-/m0/s1. The van der Waals surface area contributed by atoms with Crippen molar-refractivity contribution in [2.75, 3.05) is 13.1 Å². The number of aromatic carboxylic acids is 1. The van der Waals surface area contributed by atoms with E-state index in [0.29, 0.717) is 19.0 Å². The highest BCUT2D eigenvalue weighted by molar-refractivity contribution is 5.94. The van der Waals surface area contributed by atoms with Gasteiger partial charge >= 0.3 is 5.97 Å². The molecule has 0 spiro atoms. The summed E-state index contributed by atoms with van der Waals surface area (Å²) in [7, 11) is 1.69. The summed E-state index contributed by atoms with van der Waals surface area (Å²) in [5.41, 5.74) is 3.09. The van der Waals surface area contributed by atoms with Gasteiger partial charge in [0.05, 0.1) is 5.56 Å². The van der Waals surface area contributed by atoms with Crippen molar-refractivity contribution in [3.8, 4) is 0 Å². The van der Waals surface area contributed by atoms with Gasteiger partial charge in [-0.3, -0.25) is 9.59 Å². The Morgan fingerprint density at radius 1 is 1.19 bits per heavy atom. The minimum atomic E-state index is -0.936. The summed E-state index contributed by atoms with van der Waals surface area (Å²) in [5, 5.41) is 8.97. The van der Waals surface area contributed by atoms with E-state index in [0.717, 1.165) is 29.7 Å². The van der Waals surface area contributed by atoms with Gasteiger partial charge in [0.1, 0.15) is 5.56 Å². The van der Waals surface area contributed by atoms with Crippen molar-refractivity contribution < 1.29 is 14.7 Å². The topological polar surface area (TPSA) is 79.6 Å². The van der Waals surface area contributed by atoms with E-state index in [1.165, 1.54) is 4.57 Å². The Morgan fingerprint density at radius 2 is 1.85 bits per heavy atom. The van der Waals surface area contributed by atoms with Crippen molar-refractivity contribution in [2.24, 2.45) is 13.0 Å². The number of amides is 1. The molecule has 2 heterocycles. The Hall–Kier alpha value is -2.89. The molecule has 6 heteroatoms. The number of hydrogen-bond donors (Lipinski definition) is 1. The summed E-state index contributed by atoms with van der Waals surface area (Å²) in [6.45, 7) is 5.01. The molecule has 3 rings (SSSR count). The third-order valence-electron chi connectivity index (χ3n) is 5.50. The van der Waals surface area contributed by atoms with Crippen LogP contribution in [0, 0.1) is 19.8 Å². The van der Waals surface area contributed by atoms with Crippen molar-refractivity contribution in [2.45, 2.75) is 26.7 Å². The van der Waals surface area contributed by atoms with Crippen molar-refractivity contribution in [3.63, 3.8) is 0 Å². The zero-order valence-corrected chi connectivity index (χ0v) is 15.9. The number of aryl methyl sites for hydroxylation is 1. The van der Waals surface area contributed by atoms with Crippen LogP contribution in [0.3, 0.4) is 0 Å². The molecule has 1 aromatic carbocycles. The molecule has 1 aliphatic rings. The van der Waals surface area contributed by atoms with Crippen LogP contribution in [0.15, 0.2) is 35.1 Å². The van der Waals surface area contributed by atoms with Gasteiger partial charge in [0.2, 0.25) is 0 Å². The molecule has 142 valence electrons. The van der Waals surface area contributed by atoms with E-state index >= 15 is 0 Å². The summed E-state index contributed by atoms with van der Waals surface area (Å²) < 4.78 is 1.53. The first-order valence-electron chi connectivity index (χ1n) is 9.06. The van der Waals surface area contributed by atoms with Crippen LogP contribution in [-0.2, 0) is 13.5 Å². The molecule has 1 saturated heterocycles. The van der Waals surface area contributed by atoms with Gasteiger partial charge in [-0.1, -0.05) is 12.1 Å². The molecule has 2 aromatic rings. The van der Waals surface area contributed by atoms with E-state index in [2.05, 4.69) is 0 Å². The first-order valence-corrected chi connectivity index (χ1v) is 9.06. The molecule has 1 atom stereocenters. The number of likely N-dealkylation sites (tertiary alicyclic amines) is 1. The summed E-state index contributed by atoms with van der Waals surface area (Å²) >= 11 is 0. The summed E-state index contributed by atoms with van der Waals surface area (Å²) in [4.78, 5) is 38.0. The van der Waals surface area contributed by atoms with Gasteiger partial charge in [0.25, 0.3) is 11.5 Å². The maximum Gasteiger partial charge on any atom is 0.335 e. The molecule has 1 N–H and O–H groups in total. The van der Waals surface area contributed by atoms with Gasteiger partial charge in [-0.05, 0) is 61.9 Å². The molecule has 1 amide bonds. The zero-order valence-electron chi connectivity index (χ0n) is 15.9. The molecular formula is C21H24N2O4. The first-order chi connectivity index (χ1) is 12.8. The number of pyridine rings is 1. The lowest BCUT2D eigenvalue weighted by Crippen LogP contribution is -2.35. The number of nitrogens with zero attached hydrogens (tertiary/aromatic N) is 2. The molecule has 27 heavy (non-hydrogen) atoms. The number of hydrogen-bond acceptors (Lipinski definition) is 3. The molecule has 0 saturated carbocycles. The molecule has 0 unspecified atom stereocenters. The Bertz CT molecular complexity index is 944. The smallest absolute Gasteiger partial charge is 0.335 e. The summed E-state index contributed by atoms with van der Waals surface area (Å²) in [6, 6.07) is 8.56. The minimum absolute atomic E-state index is 0.206. The number of carbonyl (C=O) groups excluding carboxylic acids is 1. The average Bonchev–Trinajstić information content (AvgIpc) is 3.11. The van der Waals surface area contributed by atoms with E-state index in [1.807, 2.05) is 26.0 Å². The molecule has 6 nitrogen and oxygen atoms in total. The van der Waals surface area contributed by atoms with Gasteiger partial charge in [-0.25, -0.2) is 4.79 Å². The Balaban J connectivity index is 1.70. The van der Waals surface area contributed by atoms with E-state index < -0.39 is 5.97 Å². The van der Waals surface area contributed by atoms with E-state index in [-0.39, 0.29) is 22.6 Å². The van der Waals surface area contributed by atoms with Gasteiger partial charge < -0.3 is 14.6 Å². The van der Waals surface area contributed by atoms with E-state index in [1.54, 1.807) is 30.1 Å². The van der Waals surface area contributed by atoms with Gasteiger partial charge in [0.15, 0.2) is 0 Å². The molecule has 0 bridgehead atoms. The number of benzene rings is 1. The molecule has 0 radical (unpaired) electrons. The van der Waals surface area contributed by atoms with E-state index in [4.69, 9.17) is 5.11 Å². The highest BCUT2D eigenvalue weighted by Gasteiger charge is 2.29. The fourth-order valence-electron chi connectivity index (χ4n) is 3.60. The monoisotopic (exact) mass is 368 g/mol. The lowest BCUT2D eigenvalue weighted by atomic mass is 9.98. The lowest BCUT2D eigenvalue weighted by molar-refractivity contribution is 0.0696.